The highest BCUT2D eigenvalue weighted by Gasteiger charge is 2.14. The fourth-order valence-corrected chi connectivity index (χ4v) is 1.86. The lowest BCUT2D eigenvalue weighted by molar-refractivity contribution is 0.112. The van der Waals surface area contributed by atoms with Gasteiger partial charge in [0, 0.05) is 5.56 Å². The number of methoxy groups -OCH3 is 1. The normalized spacial score (nSPS) is 10.2. The van der Waals surface area contributed by atoms with Crippen molar-refractivity contribution in [3.8, 4) is 22.8 Å². The molecule has 6 heteroatoms. The molecule has 0 saturated heterocycles. The Morgan fingerprint density at radius 3 is 2.94 bits per heavy atom. The quantitative estimate of drug-likeness (QED) is 0.882. The average molecular weight is 298 g/mol. The van der Waals surface area contributed by atoms with Crippen molar-refractivity contribution in [3.63, 3.8) is 0 Å². The van der Waals surface area contributed by atoms with Gasteiger partial charge in [0.25, 0.3) is 0 Å². The van der Waals surface area contributed by atoms with E-state index in [1.807, 2.05) is 0 Å². The van der Waals surface area contributed by atoms with Crippen molar-refractivity contribution in [2.24, 2.45) is 0 Å². The number of carbonyl (C=O) groups is 1. The molecule has 0 saturated carbocycles. The lowest BCUT2D eigenvalue weighted by Crippen LogP contribution is -1.89. The molecule has 0 spiro atoms. The van der Waals surface area contributed by atoms with E-state index >= 15 is 0 Å². The van der Waals surface area contributed by atoms with Crippen molar-refractivity contribution in [3.05, 3.63) is 28.4 Å². The maximum atomic E-state index is 10.8. The SMILES string of the molecule is COc1cc(-c2nocc2C=O)cc(Br)c1O. The van der Waals surface area contributed by atoms with E-state index in [0.29, 0.717) is 27.6 Å². The number of phenolic OH excluding ortho intramolecular Hbond substituents is 1. The molecule has 5 nitrogen and oxygen atoms in total. The standard InChI is InChI=1S/C11H8BrNO4/c1-16-9-3-6(2-8(12)11(9)15)10-7(4-14)5-17-13-10/h2-5,15H,1H3. The van der Waals surface area contributed by atoms with E-state index in [1.54, 1.807) is 12.1 Å². The Morgan fingerprint density at radius 2 is 2.29 bits per heavy atom. The molecule has 1 aromatic heterocycles. The molecule has 0 radical (unpaired) electrons. The highest BCUT2D eigenvalue weighted by molar-refractivity contribution is 9.10. The largest absolute Gasteiger partial charge is 0.503 e. The van der Waals surface area contributed by atoms with Gasteiger partial charge < -0.3 is 14.4 Å². The topological polar surface area (TPSA) is 72.6 Å². The van der Waals surface area contributed by atoms with Gasteiger partial charge >= 0.3 is 0 Å². The lowest BCUT2D eigenvalue weighted by Gasteiger charge is -2.07. The van der Waals surface area contributed by atoms with Crippen LogP contribution in [-0.2, 0) is 0 Å². The highest BCUT2D eigenvalue weighted by atomic mass is 79.9. The van der Waals surface area contributed by atoms with Crippen LogP contribution in [0.15, 0.2) is 27.4 Å². The molecular weight excluding hydrogens is 290 g/mol. The van der Waals surface area contributed by atoms with Crippen molar-refractivity contribution in [1.29, 1.82) is 0 Å². The van der Waals surface area contributed by atoms with Crippen LogP contribution in [0.1, 0.15) is 10.4 Å². The molecule has 17 heavy (non-hydrogen) atoms. The van der Waals surface area contributed by atoms with E-state index in [0.717, 1.165) is 0 Å². The first-order chi connectivity index (χ1) is 8.17. The summed E-state index contributed by atoms with van der Waals surface area (Å²) in [7, 11) is 1.44. The minimum absolute atomic E-state index is 0.00704. The summed E-state index contributed by atoms with van der Waals surface area (Å²) in [4.78, 5) is 10.8. The van der Waals surface area contributed by atoms with Gasteiger partial charge in [-0.05, 0) is 28.1 Å². The van der Waals surface area contributed by atoms with Gasteiger partial charge in [-0.3, -0.25) is 4.79 Å². The monoisotopic (exact) mass is 297 g/mol. The third-order valence-electron chi connectivity index (χ3n) is 2.25. The molecule has 1 N–H and O–H groups in total. The predicted molar refractivity (Wildman–Crippen MR) is 63.2 cm³/mol. The summed E-state index contributed by atoms with van der Waals surface area (Å²) >= 11 is 3.19. The summed E-state index contributed by atoms with van der Waals surface area (Å²) in [6.07, 6.45) is 1.91. The van der Waals surface area contributed by atoms with Gasteiger partial charge in [-0.15, -0.1) is 0 Å². The third-order valence-corrected chi connectivity index (χ3v) is 2.85. The summed E-state index contributed by atoms with van der Waals surface area (Å²) in [6, 6.07) is 3.20. The molecule has 0 aliphatic rings. The van der Waals surface area contributed by atoms with Gasteiger partial charge in [-0.25, -0.2) is 0 Å². The minimum atomic E-state index is -0.00704. The first-order valence-electron chi connectivity index (χ1n) is 4.63. The number of hydrogen-bond donors (Lipinski definition) is 1. The Balaban J connectivity index is 2.60. The fraction of sp³-hybridized carbons (Fsp3) is 0.0909. The second-order valence-electron chi connectivity index (χ2n) is 3.25. The van der Waals surface area contributed by atoms with Crippen LogP contribution in [0.2, 0.25) is 0 Å². The van der Waals surface area contributed by atoms with E-state index in [1.165, 1.54) is 13.4 Å². The molecule has 0 aliphatic carbocycles. The molecule has 0 atom stereocenters. The Kier molecular flexibility index (Phi) is 3.14. The molecule has 1 heterocycles. The van der Waals surface area contributed by atoms with Crippen LogP contribution >= 0.6 is 15.9 Å². The van der Waals surface area contributed by atoms with Crippen LogP contribution in [0.4, 0.5) is 0 Å². The molecule has 0 unspecified atom stereocenters. The number of halogens is 1. The summed E-state index contributed by atoms with van der Waals surface area (Å²) in [5, 5.41) is 13.4. The van der Waals surface area contributed by atoms with Gasteiger partial charge in [0.05, 0.1) is 17.1 Å². The molecule has 2 rings (SSSR count). The number of nitrogens with zero attached hydrogens (tertiary/aromatic N) is 1. The van der Waals surface area contributed by atoms with E-state index in [-0.39, 0.29) is 11.5 Å². The van der Waals surface area contributed by atoms with Crippen LogP contribution in [-0.4, -0.2) is 23.7 Å². The molecule has 88 valence electrons. The van der Waals surface area contributed by atoms with Crippen LogP contribution in [0.5, 0.6) is 11.5 Å². The first kappa shape index (κ1) is 11.7. The summed E-state index contributed by atoms with van der Waals surface area (Å²) < 4.78 is 10.2. The van der Waals surface area contributed by atoms with E-state index < -0.39 is 0 Å². The zero-order valence-electron chi connectivity index (χ0n) is 8.81. The zero-order chi connectivity index (χ0) is 12.4. The van der Waals surface area contributed by atoms with Crippen molar-refractivity contribution in [2.75, 3.05) is 7.11 Å². The second kappa shape index (κ2) is 4.58. The Labute approximate surface area is 105 Å². The van der Waals surface area contributed by atoms with Crippen LogP contribution < -0.4 is 4.74 Å². The molecule has 2 aromatic rings. The fourth-order valence-electron chi connectivity index (χ4n) is 1.41. The first-order valence-corrected chi connectivity index (χ1v) is 5.43. The van der Waals surface area contributed by atoms with Gasteiger partial charge in [-0.2, -0.15) is 0 Å². The zero-order valence-corrected chi connectivity index (χ0v) is 10.4. The Bertz CT molecular complexity index is 565. The highest BCUT2D eigenvalue weighted by Crippen LogP contribution is 2.38. The lowest BCUT2D eigenvalue weighted by atomic mass is 10.1. The van der Waals surface area contributed by atoms with E-state index in [2.05, 4.69) is 21.1 Å². The summed E-state index contributed by atoms with van der Waals surface area (Å²) in [6.45, 7) is 0. The molecular formula is C11H8BrNO4. The van der Waals surface area contributed by atoms with Crippen molar-refractivity contribution in [2.45, 2.75) is 0 Å². The molecule has 0 bridgehead atoms. The van der Waals surface area contributed by atoms with Crippen molar-refractivity contribution < 1.29 is 19.2 Å². The molecule has 1 aromatic carbocycles. The Morgan fingerprint density at radius 1 is 1.53 bits per heavy atom. The van der Waals surface area contributed by atoms with E-state index in [9.17, 15) is 9.90 Å². The number of phenols is 1. The number of ether oxygens (including phenoxy) is 1. The maximum Gasteiger partial charge on any atom is 0.172 e. The molecule has 0 fully saturated rings. The van der Waals surface area contributed by atoms with Gasteiger partial charge in [0.2, 0.25) is 0 Å². The molecule has 0 aliphatic heterocycles. The van der Waals surface area contributed by atoms with Crippen LogP contribution in [0, 0.1) is 0 Å². The number of benzene rings is 1. The third kappa shape index (κ3) is 2.03. The molecule has 0 amide bonds. The number of hydrogen-bond acceptors (Lipinski definition) is 5. The maximum absolute atomic E-state index is 10.8. The number of carbonyl (C=O) groups excluding carboxylic acids is 1. The van der Waals surface area contributed by atoms with Gasteiger partial charge in [0.1, 0.15) is 12.0 Å². The average Bonchev–Trinajstić information content (AvgIpc) is 2.80. The summed E-state index contributed by atoms with van der Waals surface area (Å²) in [5.41, 5.74) is 1.35. The van der Waals surface area contributed by atoms with Crippen molar-refractivity contribution >= 4 is 22.2 Å². The minimum Gasteiger partial charge on any atom is -0.503 e. The number of aromatic hydroxyl groups is 1. The Hall–Kier alpha value is -1.82. The summed E-state index contributed by atoms with van der Waals surface area (Å²) in [5.74, 6) is 0.279. The smallest absolute Gasteiger partial charge is 0.172 e. The number of aromatic nitrogens is 1. The second-order valence-corrected chi connectivity index (χ2v) is 4.10. The van der Waals surface area contributed by atoms with Crippen LogP contribution in [0.25, 0.3) is 11.3 Å². The van der Waals surface area contributed by atoms with E-state index in [4.69, 9.17) is 9.26 Å². The number of rotatable bonds is 3. The van der Waals surface area contributed by atoms with Gasteiger partial charge in [0.15, 0.2) is 17.8 Å². The van der Waals surface area contributed by atoms with Gasteiger partial charge in [-0.1, -0.05) is 5.16 Å². The predicted octanol–water partition coefficient (Wildman–Crippen LogP) is 2.63. The van der Waals surface area contributed by atoms with Crippen molar-refractivity contribution in [1.82, 2.24) is 5.16 Å². The van der Waals surface area contributed by atoms with Crippen LogP contribution in [0.3, 0.4) is 0 Å². The number of aldehydes is 1.